The van der Waals surface area contributed by atoms with Gasteiger partial charge in [0.25, 0.3) is 15.9 Å². The molecule has 0 saturated heterocycles. The number of para-hydroxylation sites is 2. The monoisotopic (exact) mass is 578 g/mol. The van der Waals surface area contributed by atoms with Crippen molar-refractivity contribution in [2.24, 2.45) is 7.05 Å². The summed E-state index contributed by atoms with van der Waals surface area (Å²) in [7, 11) is -2.19. The van der Waals surface area contributed by atoms with Crippen molar-refractivity contribution in [2.75, 3.05) is 4.31 Å². The molecule has 5 aromatic rings. The summed E-state index contributed by atoms with van der Waals surface area (Å²) in [6.07, 6.45) is 5.17. The van der Waals surface area contributed by atoms with E-state index >= 15 is 4.79 Å². The van der Waals surface area contributed by atoms with Crippen LogP contribution < -0.4 is 4.31 Å². The fourth-order valence-corrected chi connectivity index (χ4v) is 7.21. The number of benzene rings is 4. The molecule has 0 N–H and O–H groups in total. The summed E-state index contributed by atoms with van der Waals surface area (Å²) in [5.41, 5.74) is 4.98. The van der Waals surface area contributed by atoms with E-state index in [9.17, 15) is 8.42 Å². The van der Waals surface area contributed by atoms with Gasteiger partial charge >= 0.3 is 0 Å². The number of anilines is 1. The molecule has 4 aromatic carbocycles. The van der Waals surface area contributed by atoms with Gasteiger partial charge in [-0.25, -0.2) is 12.7 Å². The average Bonchev–Trinajstić information content (AvgIpc) is 3.28. The molecule has 0 fully saturated rings. The number of rotatable bonds is 11. The molecule has 5 nitrogen and oxygen atoms in total. The Kier molecular flexibility index (Phi) is 8.93. The number of unbranched alkanes of at least 4 members (excludes halogenated alkanes) is 3. The highest BCUT2D eigenvalue weighted by Crippen LogP contribution is 2.39. The molecule has 1 heterocycles. The molecule has 0 bridgehead atoms. The van der Waals surface area contributed by atoms with Crippen LogP contribution in [0.1, 0.15) is 60.9 Å². The minimum Gasteiger partial charge on any atom is -0.347 e. The number of amides is 1. The topological polar surface area (TPSA) is 59.4 Å². The van der Waals surface area contributed by atoms with Gasteiger partial charge in [0.15, 0.2) is 0 Å². The summed E-state index contributed by atoms with van der Waals surface area (Å²) in [4.78, 5) is 15.1. The first-order chi connectivity index (χ1) is 20.3. The van der Waals surface area contributed by atoms with Crippen molar-refractivity contribution in [1.29, 1.82) is 0 Å². The Morgan fingerprint density at radius 3 is 2.07 bits per heavy atom. The van der Waals surface area contributed by atoms with Gasteiger partial charge in [0.05, 0.1) is 16.5 Å². The number of aryl methyl sites for hydroxylation is 2. The number of carbonyl (C=O) groups is 1. The maximum atomic E-state index is 15.1. The lowest BCUT2D eigenvalue weighted by Crippen LogP contribution is -2.40. The number of hydrogen-bond donors (Lipinski definition) is 0. The van der Waals surface area contributed by atoms with E-state index in [0.717, 1.165) is 69.7 Å². The van der Waals surface area contributed by atoms with Crippen molar-refractivity contribution in [3.05, 3.63) is 132 Å². The van der Waals surface area contributed by atoms with Crippen molar-refractivity contribution in [3.63, 3.8) is 0 Å². The Morgan fingerprint density at radius 1 is 0.786 bits per heavy atom. The normalized spacial score (nSPS) is 12.4. The molecule has 0 aliphatic carbocycles. The lowest BCUT2D eigenvalue weighted by atomic mass is 9.87. The summed E-state index contributed by atoms with van der Waals surface area (Å²) < 4.78 is 31.9. The second kappa shape index (κ2) is 12.8. The third-order valence-corrected chi connectivity index (χ3v) is 9.70. The van der Waals surface area contributed by atoms with Crippen LogP contribution in [0.2, 0.25) is 0 Å². The standard InChI is InChI=1S/C36H38N2O3S/c1-4-5-6-13-22-33-35(31-20-14-15-21-32(31)37(33)3)34(28-16-9-7-10-17-28)36(39)38(29-18-11-8-12-19-29)42(40,41)30-25-23-27(2)24-26-30/h7-12,14-21,23-26,34H,4-6,13,22H2,1-3H3. The first-order valence-electron chi connectivity index (χ1n) is 14.7. The van der Waals surface area contributed by atoms with Crippen molar-refractivity contribution >= 4 is 32.5 Å². The van der Waals surface area contributed by atoms with Crippen LogP contribution >= 0.6 is 0 Å². The van der Waals surface area contributed by atoms with E-state index in [2.05, 4.69) is 17.6 Å². The highest BCUT2D eigenvalue weighted by Gasteiger charge is 2.39. The number of sulfonamides is 1. The Morgan fingerprint density at radius 2 is 1.40 bits per heavy atom. The molecule has 1 unspecified atom stereocenters. The summed E-state index contributed by atoms with van der Waals surface area (Å²) >= 11 is 0. The number of carbonyl (C=O) groups excluding carboxylic acids is 1. The van der Waals surface area contributed by atoms with E-state index in [1.165, 1.54) is 0 Å². The zero-order valence-corrected chi connectivity index (χ0v) is 25.3. The lowest BCUT2D eigenvalue weighted by molar-refractivity contribution is -0.118. The van der Waals surface area contributed by atoms with Gasteiger partial charge in [0.1, 0.15) is 0 Å². The van der Waals surface area contributed by atoms with Gasteiger partial charge in [0, 0.05) is 23.6 Å². The molecule has 5 rings (SSSR count). The Balaban J connectivity index is 1.75. The first kappa shape index (κ1) is 29.3. The summed E-state index contributed by atoms with van der Waals surface area (Å²) in [5, 5.41) is 0.966. The zero-order chi connectivity index (χ0) is 29.7. The molecule has 42 heavy (non-hydrogen) atoms. The number of aromatic nitrogens is 1. The Bertz CT molecular complexity index is 1760. The van der Waals surface area contributed by atoms with E-state index < -0.39 is 21.8 Å². The molecule has 216 valence electrons. The van der Waals surface area contributed by atoms with Gasteiger partial charge in [-0.1, -0.05) is 111 Å². The quantitative estimate of drug-likeness (QED) is 0.149. The Labute approximate surface area is 249 Å². The van der Waals surface area contributed by atoms with E-state index in [-0.39, 0.29) is 4.90 Å². The zero-order valence-electron chi connectivity index (χ0n) is 24.5. The molecular formula is C36H38N2O3S. The third kappa shape index (κ3) is 5.77. The highest BCUT2D eigenvalue weighted by atomic mass is 32.2. The molecule has 6 heteroatoms. The van der Waals surface area contributed by atoms with Crippen molar-refractivity contribution in [3.8, 4) is 0 Å². The SMILES string of the molecule is CCCCCCc1c(C(C(=O)N(c2ccccc2)S(=O)(=O)c2ccc(C)cc2)c2ccccc2)c2ccccc2n1C. The van der Waals surface area contributed by atoms with Crippen molar-refractivity contribution in [1.82, 2.24) is 4.57 Å². The van der Waals surface area contributed by atoms with Crippen LogP contribution in [0.15, 0.2) is 114 Å². The largest absolute Gasteiger partial charge is 0.347 e. The van der Waals surface area contributed by atoms with Crippen LogP contribution in [0, 0.1) is 6.92 Å². The summed E-state index contributed by atoms with van der Waals surface area (Å²) in [6, 6.07) is 33.0. The van der Waals surface area contributed by atoms with Crippen LogP contribution in [-0.2, 0) is 28.3 Å². The maximum Gasteiger partial charge on any atom is 0.270 e. The molecule has 0 spiro atoms. The molecular weight excluding hydrogens is 540 g/mol. The average molecular weight is 579 g/mol. The fourth-order valence-electron chi connectivity index (χ4n) is 5.78. The van der Waals surface area contributed by atoms with E-state index in [0.29, 0.717) is 5.69 Å². The van der Waals surface area contributed by atoms with E-state index in [1.807, 2.05) is 68.6 Å². The second-order valence-corrected chi connectivity index (χ2v) is 12.6. The van der Waals surface area contributed by atoms with Crippen LogP contribution in [0.5, 0.6) is 0 Å². The minimum atomic E-state index is -4.24. The maximum absolute atomic E-state index is 15.1. The molecule has 0 radical (unpaired) electrons. The summed E-state index contributed by atoms with van der Waals surface area (Å²) in [6.45, 7) is 4.10. The van der Waals surface area contributed by atoms with Gasteiger partial charge < -0.3 is 4.57 Å². The smallest absolute Gasteiger partial charge is 0.270 e. The predicted octanol–water partition coefficient (Wildman–Crippen LogP) is 8.16. The molecule has 0 aliphatic rings. The highest BCUT2D eigenvalue weighted by molar-refractivity contribution is 7.93. The number of hydrogen-bond acceptors (Lipinski definition) is 3. The van der Waals surface area contributed by atoms with Gasteiger partial charge in [0.2, 0.25) is 0 Å². The van der Waals surface area contributed by atoms with E-state index in [1.54, 1.807) is 48.5 Å². The van der Waals surface area contributed by atoms with Crippen LogP contribution in [0.25, 0.3) is 10.9 Å². The van der Waals surface area contributed by atoms with Crippen LogP contribution in [0.3, 0.4) is 0 Å². The third-order valence-electron chi connectivity index (χ3n) is 7.96. The van der Waals surface area contributed by atoms with E-state index in [4.69, 9.17) is 0 Å². The van der Waals surface area contributed by atoms with Gasteiger partial charge in [-0.2, -0.15) is 0 Å². The van der Waals surface area contributed by atoms with Crippen molar-refractivity contribution < 1.29 is 13.2 Å². The van der Waals surface area contributed by atoms with Crippen LogP contribution in [-0.4, -0.2) is 18.9 Å². The fraction of sp³-hybridized carbons (Fsp3) is 0.250. The molecule has 1 atom stereocenters. The molecule has 1 amide bonds. The first-order valence-corrected chi connectivity index (χ1v) is 16.1. The second-order valence-electron chi connectivity index (χ2n) is 10.8. The predicted molar refractivity (Wildman–Crippen MR) is 171 cm³/mol. The number of nitrogens with zero attached hydrogens (tertiary/aromatic N) is 2. The Hall–Kier alpha value is -4.16. The molecule has 1 aromatic heterocycles. The van der Waals surface area contributed by atoms with Crippen LogP contribution in [0.4, 0.5) is 5.69 Å². The summed E-state index contributed by atoms with van der Waals surface area (Å²) in [5.74, 6) is -1.34. The molecule has 0 aliphatic heterocycles. The minimum absolute atomic E-state index is 0.0785. The van der Waals surface area contributed by atoms with Crippen molar-refractivity contribution in [2.45, 2.75) is 56.8 Å². The molecule has 0 saturated carbocycles. The lowest BCUT2D eigenvalue weighted by Gasteiger charge is -2.28. The van der Waals surface area contributed by atoms with Gasteiger partial charge in [-0.3, -0.25) is 4.79 Å². The van der Waals surface area contributed by atoms with Gasteiger partial charge in [-0.15, -0.1) is 0 Å². The number of fused-ring (bicyclic) bond motifs is 1. The van der Waals surface area contributed by atoms with Gasteiger partial charge in [-0.05, 0) is 61.2 Å².